The SMILES string of the molecule is CC[C@H](O)C(=O)N(C(=O)CCCO)C1CCC(OC(N)=O)CC1. The number of hydrogen-bond donors (Lipinski definition) is 3. The molecule has 8 nitrogen and oxygen atoms in total. The van der Waals surface area contributed by atoms with E-state index in [0.29, 0.717) is 25.7 Å². The van der Waals surface area contributed by atoms with Crippen molar-refractivity contribution < 1.29 is 29.3 Å². The highest BCUT2D eigenvalue weighted by Crippen LogP contribution is 2.26. The van der Waals surface area contributed by atoms with Crippen LogP contribution in [0.1, 0.15) is 51.9 Å². The fourth-order valence-corrected chi connectivity index (χ4v) is 2.78. The summed E-state index contributed by atoms with van der Waals surface area (Å²) in [7, 11) is 0. The summed E-state index contributed by atoms with van der Waals surface area (Å²) in [6, 6.07) is -0.331. The van der Waals surface area contributed by atoms with Gasteiger partial charge in [0, 0.05) is 19.1 Å². The van der Waals surface area contributed by atoms with Crippen molar-refractivity contribution in [1.82, 2.24) is 4.90 Å². The number of imide groups is 1. The maximum Gasteiger partial charge on any atom is 0.404 e. The first-order valence-corrected chi connectivity index (χ1v) is 8.01. The molecule has 1 rings (SSSR count). The van der Waals surface area contributed by atoms with E-state index >= 15 is 0 Å². The van der Waals surface area contributed by atoms with Gasteiger partial charge in [-0.15, -0.1) is 0 Å². The molecule has 0 spiro atoms. The number of ether oxygens (including phenoxy) is 1. The van der Waals surface area contributed by atoms with Gasteiger partial charge < -0.3 is 20.7 Å². The molecule has 0 bridgehead atoms. The summed E-state index contributed by atoms with van der Waals surface area (Å²) < 4.78 is 4.94. The molecule has 0 heterocycles. The summed E-state index contributed by atoms with van der Waals surface area (Å²) >= 11 is 0. The van der Waals surface area contributed by atoms with E-state index in [9.17, 15) is 19.5 Å². The number of aliphatic hydroxyl groups is 2. The van der Waals surface area contributed by atoms with Gasteiger partial charge in [0.2, 0.25) is 5.91 Å². The Labute approximate surface area is 135 Å². The number of aliphatic hydroxyl groups excluding tert-OH is 2. The third kappa shape index (κ3) is 5.80. The highest BCUT2D eigenvalue weighted by atomic mass is 16.6. The number of primary amides is 1. The van der Waals surface area contributed by atoms with Crippen LogP contribution in [-0.4, -0.2) is 57.9 Å². The van der Waals surface area contributed by atoms with Crippen LogP contribution < -0.4 is 5.73 Å². The standard InChI is InChI=1S/C15H26N2O6/c1-2-12(19)14(21)17(13(20)4-3-9-18)10-5-7-11(8-6-10)23-15(16)22/h10-12,18-19H,2-9H2,1H3,(H2,16,22)/t10?,11?,12-/m0/s1. The van der Waals surface area contributed by atoms with Gasteiger partial charge in [-0.1, -0.05) is 6.92 Å². The fraction of sp³-hybridized carbons (Fsp3) is 0.800. The van der Waals surface area contributed by atoms with Crippen LogP contribution in [-0.2, 0) is 14.3 Å². The summed E-state index contributed by atoms with van der Waals surface area (Å²) in [5, 5.41) is 18.6. The smallest absolute Gasteiger partial charge is 0.404 e. The Morgan fingerprint density at radius 3 is 2.35 bits per heavy atom. The lowest BCUT2D eigenvalue weighted by Crippen LogP contribution is -2.50. The Morgan fingerprint density at radius 2 is 1.87 bits per heavy atom. The predicted octanol–water partition coefficient (Wildman–Crippen LogP) is 0.292. The largest absolute Gasteiger partial charge is 0.446 e. The van der Waals surface area contributed by atoms with E-state index in [-0.39, 0.29) is 38.0 Å². The Balaban J connectivity index is 2.74. The normalized spacial score (nSPS) is 22.2. The Morgan fingerprint density at radius 1 is 1.26 bits per heavy atom. The van der Waals surface area contributed by atoms with E-state index in [1.54, 1.807) is 6.92 Å². The molecule has 0 saturated heterocycles. The number of carbonyl (C=O) groups is 3. The van der Waals surface area contributed by atoms with Gasteiger partial charge in [0.25, 0.3) is 5.91 Å². The van der Waals surface area contributed by atoms with Gasteiger partial charge in [0.15, 0.2) is 0 Å². The second-order valence-corrected chi connectivity index (χ2v) is 5.72. The van der Waals surface area contributed by atoms with Crippen LogP contribution in [0.4, 0.5) is 4.79 Å². The number of nitrogens with two attached hydrogens (primary N) is 1. The molecular weight excluding hydrogens is 304 g/mol. The van der Waals surface area contributed by atoms with Crippen molar-refractivity contribution in [2.45, 2.75) is 70.1 Å². The first-order valence-electron chi connectivity index (χ1n) is 8.01. The van der Waals surface area contributed by atoms with Gasteiger partial charge in [-0.25, -0.2) is 4.79 Å². The fourth-order valence-electron chi connectivity index (χ4n) is 2.78. The molecule has 0 aromatic rings. The molecule has 23 heavy (non-hydrogen) atoms. The third-order valence-corrected chi connectivity index (χ3v) is 4.02. The molecule has 0 radical (unpaired) electrons. The summed E-state index contributed by atoms with van der Waals surface area (Å²) in [4.78, 5) is 36.5. The molecule has 8 heteroatoms. The van der Waals surface area contributed by atoms with Crippen LogP contribution in [0.15, 0.2) is 0 Å². The minimum Gasteiger partial charge on any atom is -0.446 e. The Bertz CT molecular complexity index is 420. The van der Waals surface area contributed by atoms with Crippen molar-refractivity contribution in [1.29, 1.82) is 0 Å². The molecule has 1 aliphatic rings. The lowest BCUT2D eigenvalue weighted by atomic mass is 9.91. The van der Waals surface area contributed by atoms with Crippen LogP contribution in [0, 0.1) is 0 Å². The van der Waals surface area contributed by atoms with Gasteiger partial charge in [-0.3, -0.25) is 14.5 Å². The van der Waals surface area contributed by atoms with E-state index in [0.717, 1.165) is 4.90 Å². The molecule has 0 unspecified atom stereocenters. The zero-order valence-corrected chi connectivity index (χ0v) is 13.4. The number of carbonyl (C=O) groups excluding carboxylic acids is 3. The number of hydrogen-bond acceptors (Lipinski definition) is 6. The second kappa shape index (κ2) is 9.46. The minimum absolute atomic E-state index is 0.0520. The van der Waals surface area contributed by atoms with Crippen molar-refractivity contribution >= 4 is 17.9 Å². The average Bonchev–Trinajstić information content (AvgIpc) is 2.53. The van der Waals surface area contributed by atoms with Crippen molar-refractivity contribution in [2.75, 3.05) is 6.61 Å². The van der Waals surface area contributed by atoms with E-state index in [1.807, 2.05) is 0 Å². The predicted molar refractivity (Wildman–Crippen MR) is 81.2 cm³/mol. The van der Waals surface area contributed by atoms with Crippen molar-refractivity contribution in [3.63, 3.8) is 0 Å². The minimum atomic E-state index is -1.22. The quantitative estimate of drug-likeness (QED) is 0.615. The molecule has 0 aromatic carbocycles. The van der Waals surface area contributed by atoms with Crippen molar-refractivity contribution in [3.05, 3.63) is 0 Å². The van der Waals surface area contributed by atoms with Crippen molar-refractivity contribution in [3.8, 4) is 0 Å². The summed E-state index contributed by atoms with van der Waals surface area (Å²) in [5.74, 6) is -0.995. The van der Waals surface area contributed by atoms with E-state index in [1.165, 1.54) is 0 Å². The van der Waals surface area contributed by atoms with Gasteiger partial charge in [-0.2, -0.15) is 0 Å². The topological polar surface area (TPSA) is 130 Å². The monoisotopic (exact) mass is 330 g/mol. The molecule has 1 saturated carbocycles. The summed E-state index contributed by atoms with van der Waals surface area (Å²) in [6.45, 7) is 1.53. The molecule has 1 aliphatic carbocycles. The van der Waals surface area contributed by atoms with Crippen LogP contribution in [0.25, 0.3) is 0 Å². The maximum atomic E-state index is 12.3. The Hall–Kier alpha value is -1.67. The third-order valence-electron chi connectivity index (χ3n) is 4.02. The highest BCUT2D eigenvalue weighted by molar-refractivity contribution is 5.97. The molecule has 3 amide bonds. The van der Waals surface area contributed by atoms with Gasteiger partial charge in [-0.05, 0) is 38.5 Å². The lowest BCUT2D eigenvalue weighted by molar-refractivity contribution is -0.155. The molecule has 132 valence electrons. The van der Waals surface area contributed by atoms with E-state index in [2.05, 4.69) is 0 Å². The van der Waals surface area contributed by atoms with Crippen LogP contribution in [0.2, 0.25) is 0 Å². The first kappa shape index (κ1) is 19.4. The van der Waals surface area contributed by atoms with E-state index < -0.39 is 24.0 Å². The molecule has 1 atom stereocenters. The molecule has 1 fully saturated rings. The Kier molecular flexibility index (Phi) is 7.97. The zero-order valence-electron chi connectivity index (χ0n) is 13.4. The molecule has 0 aromatic heterocycles. The van der Waals surface area contributed by atoms with Gasteiger partial charge >= 0.3 is 6.09 Å². The van der Waals surface area contributed by atoms with E-state index in [4.69, 9.17) is 15.6 Å². The van der Waals surface area contributed by atoms with Gasteiger partial charge in [0.1, 0.15) is 12.2 Å². The van der Waals surface area contributed by atoms with Gasteiger partial charge in [0.05, 0.1) is 0 Å². The molecule has 4 N–H and O–H groups in total. The van der Waals surface area contributed by atoms with Crippen molar-refractivity contribution in [2.24, 2.45) is 5.73 Å². The highest BCUT2D eigenvalue weighted by Gasteiger charge is 2.35. The second-order valence-electron chi connectivity index (χ2n) is 5.72. The maximum absolute atomic E-state index is 12.3. The van der Waals surface area contributed by atoms with Crippen LogP contribution >= 0.6 is 0 Å². The molecule has 0 aliphatic heterocycles. The summed E-state index contributed by atoms with van der Waals surface area (Å²) in [6.07, 6.45) is 0.193. The number of amides is 3. The number of rotatable bonds is 7. The average molecular weight is 330 g/mol. The molecular formula is C15H26N2O6. The number of nitrogens with zero attached hydrogens (tertiary/aromatic N) is 1. The summed E-state index contributed by atoms with van der Waals surface area (Å²) in [5.41, 5.74) is 4.99. The lowest BCUT2D eigenvalue weighted by Gasteiger charge is -2.36. The zero-order chi connectivity index (χ0) is 17.4. The van der Waals surface area contributed by atoms with Crippen LogP contribution in [0.3, 0.4) is 0 Å². The van der Waals surface area contributed by atoms with Crippen LogP contribution in [0.5, 0.6) is 0 Å². The first-order chi connectivity index (χ1) is 10.9.